The minimum Gasteiger partial charge on any atom is -0.456 e. The number of rotatable bonds is 12. The van der Waals surface area contributed by atoms with Gasteiger partial charge < -0.3 is 24.7 Å². The SMILES string of the molecule is CCCCCN(CCOC)C(=O)c1cc2nccc(Oc3ccc4[nH]c(C)c(C(=O)NC5CC5)c4c3)c2s1.[HH].[HH]. The van der Waals surface area contributed by atoms with Gasteiger partial charge in [0.25, 0.3) is 11.8 Å². The van der Waals surface area contributed by atoms with E-state index in [1.807, 2.05) is 42.2 Å². The molecular weight excluding hydrogens is 500 g/mol. The standard InChI is InChI=1S/C29H34N4O4S.2H2/c1-4-5-6-13-33(14-15-36-3)29(35)25-17-23-27(38-25)24(11-12-30-23)37-20-9-10-22-21(16-20)26(18(2)31-22)28(34)32-19-7-8-19;;/h9-12,16-17,19,31H,4-8,13-15H2,1-3H3,(H,32,34);2*1H. The van der Waals surface area contributed by atoms with Crippen LogP contribution in [0.15, 0.2) is 36.5 Å². The highest BCUT2D eigenvalue weighted by Gasteiger charge is 2.26. The van der Waals surface area contributed by atoms with E-state index < -0.39 is 0 Å². The van der Waals surface area contributed by atoms with Crippen molar-refractivity contribution in [3.8, 4) is 11.5 Å². The predicted molar refractivity (Wildman–Crippen MR) is 155 cm³/mol. The monoisotopic (exact) mass is 538 g/mol. The number of aromatic nitrogens is 2. The second-order valence-corrected chi connectivity index (χ2v) is 10.9. The third-order valence-corrected chi connectivity index (χ3v) is 7.92. The topological polar surface area (TPSA) is 96.5 Å². The quantitative estimate of drug-likeness (QED) is 0.200. The number of carbonyl (C=O) groups excluding carboxylic acids is 2. The Balaban J connectivity index is 0.00000220. The molecule has 38 heavy (non-hydrogen) atoms. The summed E-state index contributed by atoms with van der Waals surface area (Å²) in [6, 6.07) is 9.64. The number of amides is 2. The number of methoxy groups -OCH3 is 1. The van der Waals surface area contributed by atoms with Crippen LogP contribution < -0.4 is 10.1 Å². The fourth-order valence-corrected chi connectivity index (χ4v) is 5.63. The minimum atomic E-state index is -0.0573. The highest BCUT2D eigenvalue weighted by Crippen LogP contribution is 2.37. The summed E-state index contributed by atoms with van der Waals surface area (Å²) < 4.78 is 12.4. The van der Waals surface area contributed by atoms with E-state index in [9.17, 15) is 9.59 Å². The number of nitrogens with one attached hydrogen (secondary N) is 2. The molecule has 8 nitrogen and oxygen atoms in total. The fourth-order valence-electron chi connectivity index (χ4n) is 4.60. The second-order valence-electron chi connectivity index (χ2n) is 9.81. The summed E-state index contributed by atoms with van der Waals surface area (Å²) in [5, 5.41) is 3.91. The Kier molecular flexibility index (Phi) is 7.95. The molecule has 3 aromatic heterocycles. The largest absolute Gasteiger partial charge is 0.456 e. The van der Waals surface area contributed by atoms with Crippen LogP contribution in [0.1, 0.15) is 67.6 Å². The van der Waals surface area contributed by atoms with E-state index in [-0.39, 0.29) is 20.7 Å². The van der Waals surface area contributed by atoms with Gasteiger partial charge in [0.05, 0.1) is 27.3 Å². The number of carbonyl (C=O) groups is 2. The highest BCUT2D eigenvalue weighted by atomic mass is 32.1. The first-order chi connectivity index (χ1) is 18.5. The summed E-state index contributed by atoms with van der Waals surface area (Å²) in [5.74, 6) is 1.18. The van der Waals surface area contributed by atoms with E-state index in [4.69, 9.17) is 9.47 Å². The molecule has 2 amide bonds. The molecule has 5 rings (SSSR count). The summed E-state index contributed by atoms with van der Waals surface area (Å²) >= 11 is 1.39. The molecule has 4 aromatic rings. The Bertz CT molecular complexity index is 1470. The minimum absolute atomic E-state index is 0. The molecule has 1 saturated carbocycles. The molecular formula is C29H38N4O4S. The second kappa shape index (κ2) is 11.5. The van der Waals surface area contributed by atoms with Crippen molar-refractivity contribution in [1.29, 1.82) is 0 Å². The number of ether oxygens (including phenoxy) is 2. The number of benzene rings is 1. The molecule has 9 heteroatoms. The van der Waals surface area contributed by atoms with Crippen LogP contribution in [-0.4, -0.2) is 59.5 Å². The van der Waals surface area contributed by atoms with E-state index >= 15 is 0 Å². The van der Waals surface area contributed by atoms with Crippen LogP contribution in [0, 0.1) is 6.92 Å². The molecule has 1 fully saturated rings. The van der Waals surface area contributed by atoms with E-state index in [1.165, 1.54) is 11.3 Å². The van der Waals surface area contributed by atoms with Gasteiger partial charge in [0.2, 0.25) is 0 Å². The van der Waals surface area contributed by atoms with Crippen LogP contribution >= 0.6 is 11.3 Å². The summed E-state index contributed by atoms with van der Waals surface area (Å²) in [7, 11) is 1.65. The number of H-pyrrole nitrogens is 1. The lowest BCUT2D eigenvalue weighted by molar-refractivity contribution is 0.0696. The van der Waals surface area contributed by atoms with Gasteiger partial charge in [-0.15, -0.1) is 11.3 Å². The third-order valence-electron chi connectivity index (χ3n) is 6.80. The van der Waals surface area contributed by atoms with Crippen molar-refractivity contribution in [2.45, 2.75) is 52.0 Å². The van der Waals surface area contributed by atoms with Crippen LogP contribution in [0.2, 0.25) is 0 Å². The van der Waals surface area contributed by atoms with Crippen LogP contribution in [0.3, 0.4) is 0 Å². The molecule has 0 atom stereocenters. The van der Waals surface area contributed by atoms with Gasteiger partial charge in [0, 0.05) is 58.0 Å². The van der Waals surface area contributed by atoms with Crippen LogP contribution in [0.25, 0.3) is 21.1 Å². The van der Waals surface area contributed by atoms with Crippen molar-refractivity contribution in [1.82, 2.24) is 20.2 Å². The van der Waals surface area contributed by atoms with E-state index in [0.717, 1.165) is 58.9 Å². The molecule has 0 aliphatic heterocycles. The van der Waals surface area contributed by atoms with Gasteiger partial charge in [0.15, 0.2) is 0 Å². The van der Waals surface area contributed by atoms with Gasteiger partial charge in [-0.3, -0.25) is 14.6 Å². The number of aryl methyl sites for hydroxylation is 1. The van der Waals surface area contributed by atoms with E-state index in [2.05, 4.69) is 22.2 Å². The Hall–Kier alpha value is -3.43. The number of hydrogen-bond donors (Lipinski definition) is 2. The fraction of sp³-hybridized carbons (Fsp3) is 0.414. The molecule has 3 heterocycles. The van der Waals surface area contributed by atoms with Crippen LogP contribution in [0.5, 0.6) is 11.5 Å². The third kappa shape index (κ3) is 5.68. The molecule has 1 aromatic carbocycles. The zero-order valence-electron chi connectivity index (χ0n) is 22.1. The molecule has 204 valence electrons. The van der Waals surface area contributed by atoms with E-state index in [0.29, 0.717) is 41.6 Å². The van der Waals surface area contributed by atoms with Crippen LogP contribution in [-0.2, 0) is 4.74 Å². The van der Waals surface area contributed by atoms with Gasteiger partial charge in [-0.2, -0.15) is 0 Å². The highest BCUT2D eigenvalue weighted by molar-refractivity contribution is 7.21. The van der Waals surface area contributed by atoms with E-state index in [1.54, 1.807) is 13.3 Å². The number of thiophene rings is 1. The predicted octanol–water partition coefficient (Wildman–Crippen LogP) is 6.54. The van der Waals surface area contributed by atoms with Gasteiger partial charge >= 0.3 is 0 Å². The molecule has 0 spiro atoms. The molecule has 1 aliphatic rings. The van der Waals surface area contributed by atoms with Crippen molar-refractivity contribution in [2.24, 2.45) is 0 Å². The maximum Gasteiger partial charge on any atom is 0.264 e. The average molecular weight is 539 g/mol. The van der Waals surface area contributed by atoms with Crippen molar-refractivity contribution < 1.29 is 21.9 Å². The average Bonchev–Trinajstić information content (AvgIpc) is 3.49. The number of aromatic amines is 1. The first-order valence-electron chi connectivity index (χ1n) is 13.3. The first kappa shape index (κ1) is 26.2. The van der Waals surface area contributed by atoms with Crippen molar-refractivity contribution in [3.63, 3.8) is 0 Å². The maximum atomic E-state index is 13.4. The number of unbranched alkanes of at least 4 members (excludes halogenated alkanes) is 2. The van der Waals surface area contributed by atoms with Gasteiger partial charge in [-0.25, -0.2) is 0 Å². The lowest BCUT2D eigenvalue weighted by atomic mass is 10.1. The number of nitrogens with zero attached hydrogens (tertiary/aromatic N) is 2. The summed E-state index contributed by atoms with van der Waals surface area (Å²) in [4.78, 5) is 36.6. The lowest BCUT2D eigenvalue weighted by Gasteiger charge is -2.21. The number of fused-ring (bicyclic) bond motifs is 2. The molecule has 1 aliphatic carbocycles. The zero-order chi connectivity index (χ0) is 26.6. The van der Waals surface area contributed by atoms with Gasteiger partial charge in [-0.1, -0.05) is 19.8 Å². The normalized spacial score (nSPS) is 13.2. The van der Waals surface area contributed by atoms with Crippen LogP contribution in [0.4, 0.5) is 0 Å². The Labute approximate surface area is 229 Å². The Morgan fingerprint density at radius 1 is 1.21 bits per heavy atom. The molecule has 0 unspecified atom stereocenters. The Morgan fingerprint density at radius 2 is 2.05 bits per heavy atom. The van der Waals surface area contributed by atoms with Crippen molar-refractivity contribution in [2.75, 3.05) is 26.8 Å². The zero-order valence-corrected chi connectivity index (χ0v) is 23.0. The molecule has 0 bridgehead atoms. The Morgan fingerprint density at radius 3 is 2.82 bits per heavy atom. The summed E-state index contributed by atoms with van der Waals surface area (Å²) in [6.07, 6.45) is 6.90. The smallest absolute Gasteiger partial charge is 0.264 e. The lowest BCUT2D eigenvalue weighted by Crippen LogP contribution is -2.34. The number of hydrogen-bond acceptors (Lipinski definition) is 6. The molecule has 0 radical (unpaired) electrons. The number of pyridine rings is 1. The summed E-state index contributed by atoms with van der Waals surface area (Å²) in [5.41, 5.74) is 3.10. The molecule has 2 N–H and O–H groups in total. The summed E-state index contributed by atoms with van der Waals surface area (Å²) in [6.45, 7) is 5.82. The first-order valence-corrected chi connectivity index (χ1v) is 14.1. The van der Waals surface area contributed by atoms with Gasteiger partial charge in [-0.05, 0) is 50.5 Å². The van der Waals surface area contributed by atoms with Gasteiger partial charge in [0.1, 0.15) is 11.5 Å². The van der Waals surface area contributed by atoms with Crippen molar-refractivity contribution >= 4 is 44.3 Å². The molecule has 0 saturated heterocycles. The van der Waals surface area contributed by atoms with Crippen molar-refractivity contribution in [3.05, 3.63) is 52.7 Å². The maximum absolute atomic E-state index is 13.4.